The number of carboxylic acids is 1. The van der Waals surface area contributed by atoms with Gasteiger partial charge in [-0.05, 0) is 55.4 Å². The van der Waals surface area contributed by atoms with Crippen LogP contribution < -0.4 is 21.5 Å². The van der Waals surface area contributed by atoms with Crippen molar-refractivity contribution in [3.8, 4) is 11.1 Å². The first-order valence-electron chi connectivity index (χ1n) is 12.7. The lowest BCUT2D eigenvalue weighted by Crippen LogP contribution is -2.55. The van der Waals surface area contributed by atoms with Gasteiger partial charge in [0.25, 0.3) is 11.8 Å². The van der Waals surface area contributed by atoms with Gasteiger partial charge >= 0.3 is 12.1 Å². The minimum absolute atomic E-state index is 0.0401. The maximum absolute atomic E-state index is 12.5. The average Bonchev–Trinajstić information content (AvgIpc) is 3.22. The highest BCUT2D eigenvalue weighted by Crippen LogP contribution is 2.44. The Morgan fingerprint density at radius 1 is 0.923 bits per heavy atom. The zero-order valence-corrected chi connectivity index (χ0v) is 22.2. The van der Waals surface area contributed by atoms with Crippen molar-refractivity contribution in [1.82, 2.24) is 21.5 Å². The van der Waals surface area contributed by atoms with Crippen molar-refractivity contribution >= 4 is 29.8 Å². The third-order valence-electron chi connectivity index (χ3n) is 6.63. The first-order chi connectivity index (χ1) is 18.5. The minimum Gasteiger partial charge on any atom is -0.480 e. The van der Waals surface area contributed by atoms with E-state index in [0.717, 1.165) is 22.3 Å². The summed E-state index contributed by atoms with van der Waals surface area (Å²) in [6.07, 6.45) is 0.662. The Hall–Kier alpha value is -4.41. The zero-order valence-electron chi connectivity index (χ0n) is 22.2. The molecule has 3 rings (SSSR count). The van der Waals surface area contributed by atoms with Gasteiger partial charge in [-0.1, -0.05) is 48.5 Å². The van der Waals surface area contributed by atoms with Crippen LogP contribution in [0.3, 0.4) is 0 Å². The van der Waals surface area contributed by atoms with Gasteiger partial charge in [0, 0.05) is 19.4 Å². The lowest BCUT2D eigenvalue weighted by atomic mass is 9.93. The van der Waals surface area contributed by atoms with E-state index in [4.69, 9.17) is 9.84 Å². The van der Waals surface area contributed by atoms with Crippen LogP contribution in [0.1, 0.15) is 57.1 Å². The van der Waals surface area contributed by atoms with Gasteiger partial charge in [0.1, 0.15) is 18.1 Å². The fourth-order valence-electron chi connectivity index (χ4n) is 4.29. The number of carboxylic acid groups (broad SMARTS) is 1. The summed E-state index contributed by atoms with van der Waals surface area (Å²) in [6.45, 7) is 4.16. The highest BCUT2D eigenvalue weighted by molar-refractivity contribution is 6.01. The first kappa shape index (κ1) is 29.2. The number of benzene rings is 2. The molecule has 39 heavy (non-hydrogen) atoms. The summed E-state index contributed by atoms with van der Waals surface area (Å²) in [5.74, 6) is -3.43. The molecule has 0 radical (unpaired) electrons. The first-order valence-corrected chi connectivity index (χ1v) is 12.7. The molecule has 0 spiro atoms. The molecular formula is C28H34N4O7. The van der Waals surface area contributed by atoms with Gasteiger partial charge in [-0.2, -0.15) is 0 Å². The number of carbonyl (C=O) groups is 5. The number of hydrogen-bond acceptors (Lipinski definition) is 6. The number of aliphatic carboxylic acids is 1. The molecule has 11 nitrogen and oxygen atoms in total. The molecule has 2 aromatic rings. The summed E-state index contributed by atoms with van der Waals surface area (Å²) >= 11 is 0. The maximum atomic E-state index is 12.5. The lowest BCUT2D eigenvalue weighted by molar-refractivity contribution is -0.154. The monoisotopic (exact) mass is 538 g/mol. The Balaban J connectivity index is 1.41. The van der Waals surface area contributed by atoms with E-state index in [1.54, 1.807) is 0 Å². The van der Waals surface area contributed by atoms with Gasteiger partial charge in [-0.15, -0.1) is 0 Å². The smallest absolute Gasteiger partial charge is 0.407 e. The van der Waals surface area contributed by atoms with E-state index in [1.165, 1.54) is 20.8 Å². The molecule has 0 aliphatic heterocycles. The fraction of sp³-hybridized carbons (Fsp3) is 0.393. The summed E-state index contributed by atoms with van der Waals surface area (Å²) in [7, 11) is 0. The molecule has 0 bridgehead atoms. The molecule has 5 N–H and O–H groups in total. The molecule has 1 aliphatic rings. The zero-order chi connectivity index (χ0) is 28.6. The second-order valence-electron chi connectivity index (χ2n) is 9.87. The van der Waals surface area contributed by atoms with Crippen molar-refractivity contribution in [2.75, 3.05) is 13.2 Å². The van der Waals surface area contributed by atoms with Gasteiger partial charge in [-0.3, -0.25) is 30.0 Å². The van der Waals surface area contributed by atoms with Crippen molar-refractivity contribution in [2.24, 2.45) is 5.41 Å². The van der Waals surface area contributed by atoms with Gasteiger partial charge < -0.3 is 20.5 Å². The Labute approximate surface area is 226 Å². The van der Waals surface area contributed by atoms with Crippen molar-refractivity contribution in [2.45, 2.75) is 52.0 Å². The summed E-state index contributed by atoms with van der Waals surface area (Å²) in [5, 5.41) is 14.3. The van der Waals surface area contributed by atoms with Crippen LogP contribution >= 0.6 is 0 Å². The molecule has 11 heteroatoms. The molecule has 1 aliphatic carbocycles. The molecule has 0 heterocycles. The van der Waals surface area contributed by atoms with Gasteiger partial charge in [0.05, 0.1) is 0 Å². The molecule has 0 saturated carbocycles. The topological polar surface area (TPSA) is 163 Å². The number of hydrazine groups is 1. The van der Waals surface area contributed by atoms with E-state index in [2.05, 4.69) is 33.6 Å². The van der Waals surface area contributed by atoms with Crippen LogP contribution in [0.15, 0.2) is 48.5 Å². The highest BCUT2D eigenvalue weighted by Gasteiger charge is 2.36. The molecule has 1 atom stereocenters. The van der Waals surface area contributed by atoms with E-state index < -0.39 is 41.2 Å². The average molecular weight is 539 g/mol. The normalized spacial score (nSPS) is 12.9. The van der Waals surface area contributed by atoms with Crippen LogP contribution in [0.4, 0.5) is 4.79 Å². The molecule has 4 amide bonds. The number of fused-ring (bicyclic) bond motifs is 3. The van der Waals surface area contributed by atoms with E-state index in [1.807, 2.05) is 36.4 Å². The molecule has 0 fully saturated rings. The molecule has 0 aromatic heterocycles. The second-order valence-corrected chi connectivity index (χ2v) is 9.87. The van der Waals surface area contributed by atoms with Crippen molar-refractivity contribution in [3.63, 3.8) is 0 Å². The van der Waals surface area contributed by atoms with Crippen LogP contribution in [0.2, 0.25) is 0 Å². The fourth-order valence-corrected chi connectivity index (χ4v) is 4.29. The van der Waals surface area contributed by atoms with Crippen molar-refractivity contribution in [1.29, 1.82) is 0 Å². The number of nitrogens with one attached hydrogen (secondary N) is 4. The standard InChI is InChI=1S/C28H34N4O7/c1-17(33)30-23(24(34)31-32-25(35)28(2,3)26(36)37)14-8-9-15-29-27(38)39-16-22-20-12-6-4-10-18(20)19-11-5-7-13-21(19)22/h4-7,10-13,22-23H,8-9,14-16H2,1-3H3,(H,29,38)(H,30,33)(H,31,34)(H,32,35)(H,36,37). The summed E-state index contributed by atoms with van der Waals surface area (Å²) in [4.78, 5) is 59.5. The quantitative estimate of drug-likeness (QED) is 0.167. The second kappa shape index (κ2) is 12.9. The van der Waals surface area contributed by atoms with Crippen molar-refractivity contribution < 1.29 is 33.8 Å². The van der Waals surface area contributed by atoms with Crippen LogP contribution in [-0.2, 0) is 23.9 Å². The number of carbonyl (C=O) groups excluding carboxylic acids is 4. The number of alkyl carbamates (subject to hydrolysis) is 1. The summed E-state index contributed by atoms with van der Waals surface area (Å²) in [6, 6.07) is 15.2. The maximum Gasteiger partial charge on any atom is 0.407 e. The van der Waals surface area contributed by atoms with E-state index in [-0.39, 0.29) is 18.9 Å². The Kier molecular flexibility index (Phi) is 9.64. The number of unbranched alkanes of at least 4 members (excludes halogenated alkanes) is 1. The van der Waals surface area contributed by atoms with E-state index >= 15 is 0 Å². The molecule has 208 valence electrons. The summed E-state index contributed by atoms with van der Waals surface area (Å²) in [5.41, 5.74) is 7.02. The van der Waals surface area contributed by atoms with Gasteiger partial charge in [0.15, 0.2) is 0 Å². The SMILES string of the molecule is CC(=O)NC(CCCCNC(=O)OCC1c2ccccc2-c2ccccc21)C(=O)NNC(=O)C(C)(C)C(=O)O. The van der Waals surface area contributed by atoms with Gasteiger partial charge in [-0.25, -0.2) is 4.79 Å². The van der Waals surface area contributed by atoms with Crippen LogP contribution in [0.5, 0.6) is 0 Å². The van der Waals surface area contributed by atoms with Crippen LogP contribution in [-0.4, -0.2) is 54.1 Å². The predicted molar refractivity (Wildman–Crippen MR) is 142 cm³/mol. The minimum atomic E-state index is -1.75. The molecule has 1 unspecified atom stereocenters. The molecule has 0 saturated heterocycles. The van der Waals surface area contributed by atoms with Crippen LogP contribution in [0, 0.1) is 5.41 Å². The lowest BCUT2D eigenvalue weighted by Gasteiger charge is -2.21. The predicted octanol–water partition coefficient (Wildman–Crippen LogP) is 2.46. The summed E-state index contributed by atoms with van der Waals surface area (Å²) < 4.78 is 5.50. The van der Waals surface area contributed by atoms with Crippen molar-refractivity contribution in [3.05, 3.63) is 59.7 Å². The molecular weight excluding hydrogens is 504 g/mol. The van der Waals surface area contributed by atoms with Gasteiger partial charge in [0.2, 0.25) is 5.91 Å². The third-order valence-corrected chi connectivity index (χ3v) is 6.63. The Morgan fingerprint density at radius 3 is 2.08 bits per heavy atom. The Bertz CT molecular complexity index is 1200. The van der Waals surface area contributed by atoms with Crippen LogP contribution in [0.25, 0.3) is 11.1 Å². The molecule has 2 aromatic carbocycles. The third kappa shape index (κ3) is 7.34. The largest absolute Gasteiger partial charge is 0.480 e. The Morgan fingerprint density at radius 2 is 1.51 bits per heavy atom. The number of amides is 4. The number of ether oxygens (including phenoxy) is 1. The number of rotatable bonds is 11. The van der Waals surface area contributed by atoms with E-state index in [9.17, 15) is 24.0 Å². The van der Waals surface area contributed by atoms with E-state index in [0.29, 0.717) is 19.4 Å². The highest BCUT2D eigenvalue weighted by atomic mass is 16.5. The number of hydrogen-bond donors (Lipinski definition) is 5.